The lowest BCUT2D eigenvalue weighted by atomic mass is 10.1. The summed E-state index contributed by atoms with van der Waals surface area (Å²) in [6, 6.07) is 12.4. The van der Waals surface area contributed by atoms with Gasteiger partial charge in [0.15, 0.2) is 11.5 Å². The Kier molecular flexibility index (Phi) is 10.8. The minimum Gasteiger partial charge on any atom is -0.493 e. The van der Waals surface area contributed by atoms with Crippen LogP contribution in [0.3, 0.4) is 0 Å². The summed E-state index contributed by atoms with van der Waals surface area (Å²) < 4.78 is 53.0. The van der Waals surface area contributed by atoms with E-state index in [2.05, 4.69) is 5.32 Å². The molecule has 0 saturated carbocycles. The van der Waals surface area contributed by atoms with Crippen molar-refractivity contribution in [3.8, 4) is 11.5 Å². The van der Waals surface area contributed by atoms with Crippen molar-refractivity contribution in [3.05, 3.63) is 82.1 Å². The molecule has 220 valence electrons. The van der Waals surface area contributed by atoms with Crippen LogP contribution in [0.5, 0.6) is 11.5 Å². The van der Waals surface area contributed by atoms with Gasteiger partial charge in [-0.25, -0.2) is 12.8 Å². The topological polar surface area (TPSA) is 105 Å². The van der Waals surface area contributed by atoms with Crippen molar-refractivity contribution in [2.45, 2.75) is 31.3 Å². The van der Waals surface area contributed by atoms with Gasteiger partial charge in [0.2, 0.25) is 11.8 Å². The Morgan fingerprint density at radius 1 is 0.976 bits per heavy atom. The Morgan fingerprint density at radius 3 is 2.15 bits per heavy atom. The second-order valence-electron chi connectivity index (χ2n) is 8.80. The summed E-state index contributed by atoms with van der Waals surface area (Å²) in [5.74, 6) is -1.33. The zero-order chi connectivity index (χ0) is 30.3. The molecule has 0 aliphatic rings. The molecular formula is C28H30Cl2FN3O6S. The molecule has 0 aromatic heterocycles. The van der Waals surface area contributed by atoms with Crippen LogP contribution in [0.25, 0.3) is 0 Å². The fourth-order valence-electron chi connectivity index (χ4n) is 4.00. The van der Waals surface area contributed by atoms with Crippen LogP contribution in [0.2, 0.25) is 10.0 Å². The van der Waals surface area contributed by atoms with E-state index in [4.69, 9.17) is 32.7 Å². The highest BCUT2D eigenvalue weighted by Crippen LogP contribution is 2.33. The number of nitrogens with one attached hydrogen (secondary N) is 1. The van der Waals surface area contributed by atoms with Gasteiger partial charge in [0, 0.05) is 34.8 Å². The molecule has 41 heavy (non-hydrogen) atoms. The Morgan fingerprint density at radius 2 is 1.59 bits per heavy atom. The Balaban J connectivity index is 2.10. The number of ether oxygens (including phenoxy) is 2. The molecular weight excluding hydrogens is 596 g/mol. The van der Waals surface area contributed by atoms with E-state index in [-0.39, 0.29) is 32.9 Å². The van der Waals surface area contributed by atoms with E-state index in [9.17, 15) is 22.4 Å². The van der Waals surface area contributed by atoms with Gasteiger partial charge in [-0.2, -0.15) is 0 Å². The minimum atomic E-state index is -4.42. The quantitative estimate of drug-likeness (QED) is 0.307. The first-order chi connectivity index (χ1) is 19.4. The second kappa shape index (κ2) is 13.9. The number of carbonyl (C=O) groups is 2. The highest BCUT2D eigenvalue weighted by Gasteiger charge is 2.33. The van der Waals surface area contributed by atoms with Crippen LogP contribution in [0.4, 0.5) is 10.1 Å². The van der Waals surface area contributed by atoms with Crippen molar-refractivity contribution in [3.63, 3.8) is 0 Å². The van der Waals surface area contributed by atoms with E-state index in [1.54, 1.807) is 25.1 Å². The number of likely N-dealkylation sites (N-methyl/N-ethyl adjacent to an activating group) is 1. The van der Waals surface area contributed by atoms with E-state index in [0.29, 0.717) is 17.9 Å². The van der Waals surface area contributed by atoms with Gasteiger partial charge in [-0.05, 0) is 62.4 Å². The molecule has 1 N–H and O–H groups in total. The van der Waals surface area contributed by atoms with E-state index in [0.717, 1.165) is 16.4 Å². The number of amides is 2. The van der Waals surface area contributed by atoms with Crippen LogP contribution >= 0.6 is 23.2 Å². The number of rotatable bonds is 12. The van der Waals surface area contributed by atoms with Crippen LogP contribution < -0.4 is 19.1 Å². The molecule has 0 fully saturated rings. The van der Waals surface area contributed by atoms with Crippen molar-refractivity contribution in [1.82, 2.24) is 10.2 Å². The van der Waals surface area contributed by atoms with E-state index >= 15 is 0 Å². The van der Waals surface area contributed by atoms with Crippen LogP contribution in [-0.4, -0.2) is 58.5 Å². The van der Waals surface area contributed by atoms with Gasteiger partial charge in [-0.15, -0.1) is 0 Å². The van der Waals surface area contributed by atoms with Crippen molar-refractivity contribution >= 4 is 50.7 Å². The average Bonchev–Trinajstić information content (AvgIpc) is 2.95. The normalized spacial score (nSPS) is 11.9. The molecule has 3 aromatic carbocycles. The smallest absolute Gasteiger partial charge is 0.264 e. The summed E-state index contributed by atoms with van der Waals surface area (Å²) in [5, 5.41) is 3.21. The maximum Gasteiger partial charge on any atom is 0.264 e. The molecule has 3 aromatic rings. The monoisotopic (exact) mass is 625 g/mol. The highest BCUT2D eigenvalue weighted by molar-refractivity contribution is 7.92. The molecule has 13 heteroatoms. The molecule has 9 nitrogen and oxygen atoms in total. The van der Waals surface area contributed by atoms with Crippen molar-refractivity contribution in [2.75, 3.05) is 31.6 Å². The molecule has 0 saturated heterocycles. The molecule has 0 heterocycles. The zero-order valence-electron chi connectivity index (χ0n) is 22.9. The largest absolute Gasteiger partial charge is 0.493 e. The van der Waals surface area contributed by atoms with Crippen LogP contribution in [-0.2, 0) is 26.2 Å². The summed E-state index contributed by atoms with van der Waals surface area (Å²) in [6.45, 7) is 2.65. The summed E-state index contributed by atoms with van der Waals surface area (Å²) in [5.41, 5.74) is 0.410. The third kappa shape index (κ3) is 7.41. The lowest BCUT2D eigenvalue weighted by Crippen LogP contribution is -2.51. The first kappa shape index (κ1) is 32.0. The SMILES string of the molecule is CCNC(=O)[C@@H](C)N(Cc1c(Cl)cccc1Cl)C(=O)CN(c1ccc(F)cc1)S(=O)(=O)c1ccc(OC)c(OC)c1. The Bertz CT molecular complexity index is 1480. The molecule has 1 atom stereocenters. The molecule has 0 unspecified atom stereocenters. The number of hydrogen-bond acceptors (Lipinski definition) is 6. The number of halogens is 3. The van der Waals surface area contributed by atoms with Gasteiger partial charge >= 0.3 is 0 Å². The molecule has 2 amide bonds. The van der Waals surface area contributed by atoms with Crippen LogP contribution in [0, 0.1) is 5.82 Å². The third-order valence-electron chi connectivity index (χ3n) is 6.24. The molecule has 0 aliphatic heterocycles. The number of nitrogens with zero attached hydrogens (tertiary/aromatic N) is 2. The van der Waals surface area contributed by atoms with Crippen molar-refractivity contribution in [2.24, 2.45) is 0 Å². The maximum atomic E-state index is 14.0. The lowest BCUT2D eigenvalue weighted by molar-refractivity contribution is -0.139. The van der Waals surface area contributed by atoms with Gasteiger partial charge in [-0.3, -0.25) is 13.9 Å². The fourth-order valence-corrected chi connectivity index (χ4v) is 5.95. The third-order valence-corrected chi connectivity index (χ3v) is 8.72. The predicted octanol–water partition coefficient (Wildman–Crippen LogP) is 4.90. The Hall–Kier alpha value is -3.54. The average molecular weight is 627 g/mol. The van der Waals surface area contributed by atoms with Gasteiger partial charge in [0.25, 0.3) is 10.0 Å². The van der Waals surface area contributed by atoms with Crippen LogP contribution in [0.15, 0.2) is 65.6 Å². The predicted molar refractivity (Wildman–Crippen MR) is 156 cm³/mol. The number of methoxy groups -OCH3 is 2. The van der Waals surface area contributed by atoms with E-state index < -0.39 is 40.2 Å². The van der Waals surface area contributed by atoms with Crippen molar-refractivity contribution < 1.29 is 31.9 Å². The van der Waals surface area contributed by atoms with Crippen molar-refractivity contribution in [1.29, 1.82) is 0 Å². The number of hydrogen-bond donors (Lipinski definition) is 1. The number of benzene rings is 3. The maximum absolute atomic E-state index is 14.0. The molecule has 0 spiro atoms. The number of sulfonamides is 1. The molecule has 0 bridgehead atoms. The number of anilines is 1. The Labute approximate surface area is 248 Å². The van der Waals surface area contributed by atoms with Gasteiger partial charge in [0.05, 0.1) is 24.8 Å². The first-order valence-electron chi connectivity index (χ1n) is 12.4. The van der Waals surface area contributed by atoms with Crippen LogP contribution in [0.1, 0.15) is 19.4 Å². The molecule has 0 aliphatic carbocycles. The summed E-state index contributed by atoms with van der Waals surface area (Å²) in [4.78, 5) is 27.7. The fraction of sp³-hybridized carbons (Fsp3) is 0.286. The lowest BCUT2D eigenvalue weighted by Gasteiger charge is -2.32. The van der Waals surface area contributed by atoms with Gasteiger partial charge < -0.3 is 19.7 Å². The van der Waals surface area contributed by atoms with Gasteiger partial charge in [0.1, 0.15) is 18.4 Å². The summed E-state index contributed by atoms with van der Waals surface area (Å²) in [6.07, 6.45) is 0. The summed E-state index contributed by atoms with van der Waals surface area (Å²) >= 11 is 12.7. The first-order valence-corrected chi connectivity index (χ1v) is 14.6. The number of carbonyl (C=O) groups excluding carboxylic acids is 2. The van der Waals surface area contributed by atoms with E-state index in [1.807, 2.05) is 0 Å². The molecule has 0 radical (unpaired) electrons. The second-order valence-corrected chi connectivity index (χ2v) is 11.5. The minimum absolute atomic E-state index is 0.0240. The van der Waals surface area contributed by atoms with Gasteiger partial charge in [-0.1, -0.05) is 29.3 Å². The standard InChI is InChI=1S/C28H30Cl2FN3O6S/c1-5-32-28(36)18(2)33(16-22-23(29)7-6-8-24(22)30)27(35)17-34(20-11-9-19(31)10-12-20)41(37,38)21-13-14-25(39-3)26(15-21)40-4/h6-15,18H,5,16-17H2,1-4H3,(H,32,36)/t18-/m1/s1. The zero-order valence-corrected chi connectivity index (χ0v) is 25.2. The highest BCUT2D eigenvalue weighted by atomic mass is 35.5. The summed E-state index contributed by atoms with van der Waals surface area (Å²) in [7, 11) is -1.66. The van der Waals surface area contributed by atoms with E-state index in [1.165, 1.54) is 56.4 Å². The molecule has 3 rings (SSSR count).